The lowest BCUT2D eigenvalue weighted by Crippen LogP contribution is -2.13. The van der Waals surface area contributed by atoms with Crippen LogP contribution < -0.4 is 0 Å². The first-order chi connectivity index (χ1) is 13.9. The normalized spacial score (nSPS) is 11.9. The van der Waals surface area contributed by atoms with Crippen molar-refractivity contribution in [2.24, 2.45) is 7.05 Å². The molecule has 0 aliphatic carbocycles. The molecule has 0 spiro atoms. The Balaban J connectivity index is 1.69. The smallest absolute Gasteiger partial charge is 0.208 e. The molecular formula is C23H24N4OS. The summed E-state index contributed by atoms with van der Waals surface area (Å²) in [5.74, 6) is 1.19. The molecule has 0 amide bonds. The van der Waals surface area contributed by atoms with Crippen LogP contribution in [-0.2, 0) is 12.5 Å². The Kier molecular flexibility index (Phi) is 5.04. The highest BCUT2D eigenvalue weighted by atomic mass is 32.2. The molecule has 0 bridgehead atoms. The van der Waals surface area contributed by atoms with Crippen molar-refractivity contribution < 1.29 is 4.79 Å². The van der Waals surface area contributed by atoms with Gasteiger partial charge in [-0.2, -0.15) is 0 Å². The van der Waals surface area contributed by atoms with Crippen LogP contribution in [0.1, 0.15) is 37.0 Å². The lowest BCUT2D eigenvalue weighted by atomic mass is 9.96. The number of fused-ring (bicyclic) bond motifs is 1. The molecule has 2 heterocycles. The first-order valence-corrected chi connectivity index (χ1v) is 10.6. The molecule has 0 unspecified atom stereocenters. The molecule has 0 radical (unpaired) electrons. The van der Waals surface area contributed by atoms with E-state index in [1.165, 1.54) is 11.8 Å². The number of nitrogens with zero attached hydrogens (tertiary/aromatic N) is 3. The zero-order chi connectivity index (χ0) is 20.6. The number of carbonyl (C=O) groups is 1. The fraction of sp³-hybridized carbons (Fsp3) is 0.261. The van der Waals surface area contributed by atoms with Crippen LogP contribution in [0.3, 0.4) is 0 Å². The molecular weight excluding hydrogens is 380 g/mol. The highest BCUT2D eigenvalue weighted by Crippen LogP contribution is 2.34. The number of carbonyl (C=O) groups excluding carboxylic acids is 1. The van der Waals surface area contributed by atoms with Crippen molar-refractivity contribution in [3.8, 4) is 11.3 Å². The van der Waals surface area contributed by atoms with Gasteiger partial charge in [-0.15, -0.1) is 5.10 Å². The van der Waals surface area contributed by atoms with Crippen LogP contribution in [0, 0.1) is 0 Å². The maximum atomic E-state index is 13.3. The third-order valence-electron chi connectivity index (χ3n) is 4.94. The Morgan fingerprint density at radius 3 is 2.45 bits per heavy atom. The van der Waals surface area contributed by atoms with Crippen molar-refractivity contribution in [1.29, 1.82) is 0 Å². The van der Waals surface area contributed by atoms with Gasteiger partial charge in [0.05, 0.1) is 17.0 Å². The Morgan fingerprint density at radius 1 is 1.07 bits per heavy atom. The van der Waals surface area contributed by atoms with Gasteiger partial charge in [0.25, 0.3) is 0 Å². The second kappa shape index (κ2) is 7.52. The third kappa shape index (κ3) is 3.72. The van der Waals surface area contributed by atoms with E-state index in [0.717, 1.165) is 33.5 Å². The van der Waals surface area contributed by atoms with Gasteiger partial charge in [-0.1, -0.05) is 81.1 Å². The fourth-order valence-electron chi connectivity index (χ4n) is 3.46. The minimum absolute atomic E-state index is 0.0766. The van der Waals surface area contributed by atoms with E-state index in [9.17, 15) is 4.79 Å². The number of ketones is 1. The molecule has 0 saturated heterocycles. The number of benzene rings is 2. The van der Waals surface area contributed by atoms with Gasteiger partial charge in [0, 0.05) is 23.4 Å². The van der Waals surface area contributed by atoms with E-state index in [0.29, 0.717) is 5.16 Å². The van der Waals surface area contributed by atoms with Crippen LogP contribution in [0.25, 0.3) is 22.2 Å². The zero-order valence-electron chi connectivity index (χ0n) is 17.1. The summed E-state index contributed by atoms with van der Waals surface area (Å²) in [6.45, 7) is 6.24. The highest BCUT2D eigenvalue weighted by Gasteiger charge is 2.23. The summed E-state index contributed by atoms with van der Waals surface area (Å²) in [7, 11) is 2.01. The topological polar surface area (TPSA) is 63.6 Å². The second-order valence-electron chi connectivity index (χ2n) is 8.09. The van der Waals surface area contributed by atoms with Crippen molar-refractivity contribution in [3.05, 3.63) is 66.0 Å². The van der Waals surface area contributed by atoms with E-state index in [2.05, 4.69) is 46.6 Å². The molecule has 0 atom stereocenters. The molecule has 4 aromatic rings. The van der Waals surface area contributed by atoms with Crippen molar-refractivity contribution >= 4 is 28.4 Å². The number of aromatic nitrogens is 4. The van der Waals surface area contributed by atoms with E-state index in [4.69, 9.17) is 0 Å². The quantitative estimate of drug-likeness (QED) is 0.365. The van der Waals surface area contributed by atoms with Crippen LogP contribution in [0.15, 0.2) is 59.8 Å². The summed E-state index contributed by atoms with van der Waals surface area (Å²) >= 11 is 1.37. The first-order valence-electron chi connectivity index (χ1n) is 9.58. The number of aryl methyl sites for hydroxylation is 1. The van der Waals surface area contributed by atoms with Gasteiger partial charge in [-0.3, -0.25) is 9.89 Å². The molecule has 0 aliphatic heterocycles. The maximum Gasteiger partial charge on any atom is 0.208 e. The molecule has 2 aromatic carbocycles. The maximum absolute atomic E-state index is 13.3. The highest BCUT2D eigenvalue weighted by molar-refractivity contribution is 7.99. The molecule has 0 saturated carbocycles. The summed E-state index contributed by atoms with van der Waals surface area (Å²) in [5, 5.41) is 8.83. The molecule has 0 aliphatic rings. The Morgan fingerprint density at radius 2 is 1.76 bits per heavy atom. The number of hydrogen-bond donors (Lipinski definition) is 1. The standard InChI is InChI=1S/C23H24N4OS/c1-23(2,3)21-24-22(26-25-21)29-14-18(28)19-16-12-8-9-13-17(16)27(4)20(19)15-10-6-5-7-11-15/h5-13H,14H2,1-4H3,(H,24,25,26). The van der Waals surface area contributed by atoms with Gasteiger partial charge >= 0.3 is 0 Å². The lowest BCUT2D eigenvalue weighted by Gasteiger charge is -2.12. The number of thioether (sulfide) groups is 1. The summed E-state index contributed by atoms with van der Waals surface area (Å²) in [4.78, 5) is 17.9. The number of Topliss-reactive ketones (excluding diaryl/α,β-unsaturated/α-hetero) is 1. The van der Waals surface area contributed by atoms with E-state index in [1.807, 2.05) is 55.6 Å². The largest absolute Gasteiger partial charge is 0.343 e. The molecule has 1 N–H and O–H groups in total. The minimum Gasteiger partial charge on any atom is -0.343 e. The van der Waals surface area contributed by atoms with Crippen molar-refractivity contribution in [2.45, 2.75) is 31.3 Å². The Bertz CT molecular complexity index is 1170. The van der Waals surface area contributed by atoms with E-state index >= 15 is 0 Å². The van der Waals surface area contributed by atoms with E-state index in [1.54, 1.807) is 0 Å². The van der Waals surface area contributed by atoms with Crippen molar-refractivity contribution in [1.82, 2.24) is 19.7 Å². The molecule has 29 heavy (non-hydrogen) atoms. The zero-order valence-corrected chi connectivity index (χ0v) is 17.9. The summed E-state index contributed by atoms with van der Waals surface area (Å²) < 4.78 is 2.10. The predicted octanol–water partition coefficient (Wildman–Crippen LogP) is 5.24. The molecule has 148 valence electrons. The van der Waals surface area contributed by atoms with Gasteiger partial charge in [0.15, 0.2) is 5.78 Å². The molecule has 0 fully saturated rings. The Labute approximate surface area is 174 Å². The second-order valence-corrected chi connectivity index (χ2v) is 9.04. The monoisotopic (exact) mass is 404 g/mol. The SMILES string of the molecule is Cn1c(-c2ccccc2)c(C(=O)CSc2n[nH]c(C(C)(C)C)n2)c2ccccc21. The van der Waals surface area contributed by atoms with E-state index in [-0.39, 0.29) is 17.0 Å². The average molecular weight is 405 g/mol. The predicted molar refractivity (Wildman–Crippen MR) is 118 cm³/mol. The molecule has 6 heteroatoms. The molecule has 4 rings (SSSR count). The molecule has 5 nitrogen and oxygen atoms in total. The van der Waals surface area contributed by atoms with Crippen LogP contribution in [0.4, 0.5) is 0 Å². The molecule has 2 aromatic heterocycles. The Hall–Kier alpha value is -2.86. The van der Waals surface area contributed by atoms with Gasteiger partial charge in [0.1, 0.15) is 5.82 Å². The fourth-order valence-corrected chi connectivity index (χ4v) is 4.13. The number of H-pyrrole nitrogens is 1. The van der Waals surface area contributed by atoms with Crippen LogP contribution >= 0.6 is 11.8 Å². The third-order valence-corrected chi connectivity index (χ3v) is 5.79. The van der Waals surface area contributed by atoms with Gasteiger partial charge in [-0.05, 0) is 11.6 Å². The number of para-hydroxylation sites is 1. The number of rotatable bonds is 5. The number of hydrogen-bond acceptors (Lipinski definition) is 4. The lowest BCUT2D eigenvalue weighted by molar-refractivity contribution is 0.102. The van der Waals surface area contributed by atoms with Crippen LogP contribution in [0.2, 0.25) is 0 Å². The number of aromatic amines is 1. The summed E-state index contributed by atoms with van der Waals surface area (Å²) in [5.41, 5.74) is 3.68. The van der Waals surface area contributed by atoms with Gasteiger partial charge in [-0.25, -0.2) is 4.98 Å². The van der Waals surface area contributed by atoms with Gasteiger partial charge in [0.2, 0.25) is 5.16 Å². The summed E-state index contributed by atoms with van der Waals surface area (Å²) in [6.07, 6.45) is 0. The first kappa shape index (κ1) is 19.5. The van der Waals surface area contributed by atoms with Gasteiger partial charge < -0.3 is 4.57 Å². The van der Waals surface area contributed by atoms with Crippen molar-refractivity contribution in [3.63, 3.8) is 0 Å². The average Bonchev–Trinajstić information content (AvgIpc) is 3.30. The van der Waals surface area contributed by atoms with Crippen molar-refractivity contribution in [2.75, 3.05) is 5.75 Å². The number of nitrogens with one attached hydrogen (secondary N) is 1. The minimum atomic E-state index is -0.105. The van der Waals surface area contributed by atoms with Crippen LogP contribution in [-0.4, -0.2) is 31.3 Å². The summed E-state index contributed by atoms with van der Waals surface area (Å²) in [6, 6.07) is 18.1. The van der Waals surface area contributed by atoms with Crippen LogP contribution in [0.5, 0.6) is 0 Å². The van der Waals surface area contributed by atoms with E-state index < -0.39 is 0 Å².